The van der Waals surface area contributed by atoms with Crippen LogP contribution in [0.3, 0.4) is 0 Å². The molecule has 0 saturated carbocycles. The lowest BCUT2D eigenvalue weighted by molar-refractivity contribution is -0.123. The molecule has 0 unspecified atom stereocenters. The maximum Gasteiger partial charge on any atom is 0.239 e. The quantitative estimate of drug-likeness (QED) is 0.461. The molecule has 0 aromatic heterocycles. The van der Waals surface area contributed by atoms with Crippen LogP contribution in [0.4, 0.5) is 0 Å². The van der Waals surface area contributed by atoms with E-state index < -0.39 is 0 Å². The van der Waals surface area contributed by atoms with E-state index in [-0.39, 0.29) is 5.91 Å². The number of carbonyl (C=O) groups excluding carboxylic acids is 1. The predicted molar refractivity (Wildman–Crippen MR) is 106 cm³/mol. The van der Waals surface area contributed by atoms with Crippen molar-refractivity contribution in [2.75, 3.05) is 12.3 Å². The van der Waals surface area contributed by atoms with Gasteiger partial charge in [0.2, 0.25) is 5.91 Å². The van der Waals surface area contributed by atoms with Gasteiger partial charge in [-0.2, -0.15) is 5.10 Å². The van der Waals surface area contributed by atoms with Crippen molar-refractivity contribution in [2.45, 2.75) is 6.92 Å². The average Bonchev–Trinajstić information content (AvgIpc) is 3.01. The topological polar surface area (TPSA) is 45.0 Å². The molecule has 2 aromatic rings. The van der Waals surface area contributed by atoms with Gasteiger partial charge in [0, 0.05) is 6.54 Å². The number of benzene rings is 2. The van der Waals surface area contributed by atoms with E-state index in [2.05, 4.69) is 41.0 Å². The summed E-state index contributed by atoms with van der Waals surface area (Å²) in [4.78, 5) is 13.4. The number of rotatable bonds is 5. The molecule has 126 valence electrons. The van der Waals surface area contributed by atoms with E-state index in [4.69, 9.17) is 0 Å². The van der Waals surface area contributed by atoms with E-state index >= 15 is 0 Å². The van der Waals surface area contributed by atoms with Gasteiger partial charge in [-0.25, -0.2) is 0 Å². The minimum atomic E-state index is 0.0451. The number of carbonyl (C=O) groups is 1. The third-order valence-electron chi connectivity index (χ3n) is 3.86. The zero-order valence-electron chi connectivity index (χ0n) is 14.1. The van der Waals surface area contributed by atoms with Crippen LogP contribution in [-0.4, -0.2) is 34.0 Å². The monoisotopic (exact) mass is 349 g/mol. The molecule has 0 N–H and O–H groups in total. The number of nitrogens with zero attached hydrogens (tertiary/aromatic N) is 3. The lowest BCUT2D eigenvalue weighted by atomic mass is 10.0. The summed E-state index contributed by atoms with van der Waals surface area (Å²) in [7, 11) is 0. The summed E-state index contributed by atoms with van der Waals surface area (Å²) in [6, 6.07) is 18.5. The highest BCUT2D eigenvalue weighted by atomic mass is 32.2. The molecule has 1 fully saturated rings. The maximum atomic E-state index is 11.8. The highest BCUT2D eigenvalue weighted by Crippen LogP contribution is 2.21. The molecular formula is C20H19N3OS. The summed E-state index contributed by atoms with van der Waals surface area (Å²) in [5, 5.41) is 9.19. The zero-order valence-corrected chi connectivity index (χ0v) is 14.9. The number of thioether (sulfide) groups is 1. The predicted octanol–water partition coefficient (Wildman–Crippen LogP) is 4.20. The average molecular weight is 349 g/mol. The van der Waals surface area contributed by atoms with Crippen LogP contribution in [0.5, 0.6) is 0 Å². The molecule has 0 spiro atoms. The standard InChI is InChI=1S/C20H19N3OS/c1-3-13-23-19(24)14-25-20(23)22-21-15(2)16-9-11-18(12-10-16)17-7-5-4-6-8-17/h3-12H,1,13-14H2,2H3/b21-15+,22-20+. The largest absolute Gasteiger partial charge is 0.285 e. The van der Waals surface area contributed by atoms with Crippen LogP contribution in [0.25, 0.3) is 11.1 Å². The Kier molecular flexibility index (Phi) is 5.46. The number of hydrogen-bond donors (Lipinski definition) is 0. The van der Waals surface area contributed by atoms with Crippen LogP contribution in [0.15, 0.2) is 77.5 Å². The molecule has 1 aliphatic heterocycles. The van der Waals surface area contributed by atoms with Gasteiger partial charge in [0.15, 0.2) is 5.17 Å². The molecular weight excluding hydrogens is 330 g/mol. The first-order chi connectivity index (χ1) is 12.2. The lowest BCUT2D eigenvalue weighted by Gasteiger charge is -2.11. The third kappa shape index (κ3) is 4.06. The minimum absolute atomic E-state index is 0.0451. The van der Waals surface area contributed by atoms with E-state index in [1.165, 1.54) is 17.3 Å². The minimum Gasteiger partial charge on any atom is -0.285 e. The summed E-state index contributed by atoms with van der Waals surface area (Å²) < 4.78 is 0. The lowest BCUT2D eigenvalue weighted by Crippen LogP contribution is -2.29. The Morgan fingerprint density at radius 3 is 2.52 bits per heavy atom. The molecule has 0 radical (unpaired) electrons. The van der Waals surface area contributed by atoms with E-state index in [0.29, 0.717) is 17.5 Å². The molecule has 2 aromatic carbocycles. The second-order valence-corrected chi connectivity index (χ2v) is 6.54. The van der Waals surface area contributed by atoms with Crippen molar-refractivity contribution < 1.29 is 4.79 Å². The van der Waals surface area contributed by atoms with Crippen molar-refractivity contribution in [2.24, 2.45) is 10.2 Å². The summed E-state index contributed by atoms with van der Waals surface area (Å²) in [5.41, 5.74) is 4.17. The van der Waals surface area contributed by atoms with E-state index in [0.717, 1.165) is 16.8 Å². The molecule has 0 aliphatic carbocycles. The summed E-state index contributed by atoms with van der Waals surface area (Å²) >= 11 is 1.41. The number of amides is 1. The van der Waals surface area contributed by atoms with Crippen LogP contribution in [0.1, 0.15) is 12.5 Å². The molecule has 0 bridgehead atoms. The van der Waals surface area contributed by atoms with Crippen molar-refractivity contribution in [1.82, 2.24) is 4.90 Å². The second kappa shape index (κ2) is 7.94. The van der Waals surface area contributed by atoms with Gasteiger partial charge in [0.05, 0.1) is 11.5 Å². The van der Waals surface area contributed by atoms with Crippen LogP contribution < -0.4 is 0 Å². The Bertz CT molecular complexity index is 826. The second-order valence-electron chi connectivity index (χ2n) is 5.59. The fourth-order valence-corrected chi connectivity index (χ4v) is 3.33. The molecule has 1 amide bonds. The Hall–Kier alpha value is -2.66. The summed E-state index contributed by atoms with van der Waals surface area (Å²) in [6.45, 7) is 6.06. The van der Waals surface area contributed by atoms with Gasteiger partial charge < -0.3 is 0 Å². The Labute approximate surface area is 152 Å². The van der Waals surface area contributed by atoms with Crippen molar-refractivity contribution in [3.8, 4) is 11.1 Å². The van der Waals surface area contributed by atoms with Crippen LogP contribution in [0, 0.1) is 0 Å². The molecule has 0 atom stereocenters. The first-order valence-corrected chi connectivity index (χ1v) is 9.00. The molecule has 5 heteroatoms. The molecule has 1 saturated heterocycles. The van der Waals surface area contributed by atoms with E-state index in [1.54, 1.807) is 11.0 Å². The zero-order chi connectivity index (χ0) is 17.6. The fraction of sp³-hybridized carbons (Fsp3) is 0.150. The first-order valence-electron chi connectivity index (χ1n) is 8.01. The Balaban J connectivity index is 1.77. The van der Waals surface area contributed by atoms with Gasteiger partial charge in [-0.3, -0.25) is 9.69 Å². The Morgan fingerprint density at radius 1 is 1.16 bits per heavy atom. The maximum absolute atomic E-state index is 11.8. The molecule has 3 rings (SSSR count). The van der Waals surface area contributed by atoms with Gasteiger partial charge in [0.1, 0.15) is 0 Å². The van der Waals surface area contributed by atoms with Gasteiger partial charge in [-0.15, -0.1) is 11.7 Å². The van der Waals surface area contributed by atoms with Crippen LogP contribution in [-0.2, 0) is 4.79 Å². The van der Waals surface area contributed by atoms with Crippen molar-refractivity contribution in [3.63, 3.8) is 0 Å². The van der Waals surface area contributed by atoms with Gasteiger partial charge in [0.25, 0.3) is 0 Å². The van der Waals surface area contributed by atoms with Gasteiger partial charge >= 0.3 is 0 Å². The Morgan fingerprint density at radius 2 is 1.84 bits per heavy atom. The van der Waals surface area contributed by atoms with Gasteiger partial charge in [-0.05, 0) is 23.6 Å². The molecule has 25 heavy (non-hydrogen) atoms. The van der Waals surface area contributed by atoms with Gasteiger partial charge in [-0.1, -0.05) is 72.4 Å². The summed E-state index contributed by atoms with van der Waals surface area (Å²) in [5.74, 6) is 0.455. The highest BCUT2D eigenvalue weighted by molar-refractivity contribution is 8.15. The van der Waals surface area contributed by atoms with E-state index in [9.17, 15) is 4.79 Å². The highest BCUT2D eigenvalue weighted by Gasteiger charge is 2.27. The van der Waals surface area contributed by atoms with Crippen LogP contribution >= 0.6 is 11.8 Å². The van der Waals surface area contributed by atoms with Crippen molar-refractivity contribution in [3.05, 3.63) is 72.8 Å². The summed E-state index contributed by atoms with van der Waals surface area (Å²) in [6.07, 6.45) is 1.69. The van der Waals surface area contributed by atoms with E-state index in [1.807, 2.05) is 37.3 Å². The molecule has 1 heterocycles. The molecule has 1 aliphatic rings. The first kappa shape index (κ1) is 17.2. The van der Waals surface area contributed by atoms with Crippen LogP contribution in [0.2, 0.25) is 0 Å². The smallest absolute Gasteiger partial charge is 0.239 e. The fourth-order valence-electron chi connectivity index (χ4n) is 2.49. The number of hydrogen-bond acceptors (Lipinski definition) is 4. The SMILES string of the molecule is C=CCN1C(=O)CS/C1=N/N=C(\C)c1ccc(-c2ccccc2)cc1. The molecule has 4 nitrogen and oxygen atoms in total. The number of amidine groups is 1. The van der Waals surface area contributed by atoms with Crippen molar-refractivity contribution in [1.29, 1.82) is 0 Å². The third-order valence-corrected chi connectivity index (χ3v) is 4.82. The normalized spacial score (nSPS) is 16.5. The van der Waals surface area contributed by atoms with Crippen molar-refractivity contribution >= 4 is 28.5 Å².